The number of hydrogen-bond donors (Lipinski definition) is 1. The fraction of sp³-hybridized carbons (Fsp3) is 0.176. The number of esters is 1. The van der Waals surface area contributed by atoms with E-state index in [1.165, 1.54) is 0 Å². The molecule has 0 spiro atoms. The summed E-state index contributed by atoms with van der Waals surface area (Å²) in [4.78, 5) is 23.4. The highest BCUT2D eigenvalue weighted by atomic mass is 16.5. The Labute approximate surface area is 122 Å². The lowest BCUT2D eigenvalue weighted by atomic mass is 10.0. The summed E-state index contributed by atoms with van der Waals surface area (Å²) in [5, 5.41) is 2.80. The van der Waals surface area contributed by atoms with Crippen LogP contribution in [-0.4, -0.2) is 11.9 Å². The van der Waals surface area contributed by atoms with E-state index in [1.54, 1.807) is 30.3 Å². The number of nitrogens with one attached hydrogen (secondary N) is 1. The van der Waals surface area contributed by atoms with Crippen molar-refractivity contribution in [2.75, 3.05) is 5.32 Å². The van der Waals surface area contributed by atoms with E-state index >= 15 is 0 Å². The summed E-state index contributed by atoms with van der Waals surface area (Å²) in [5.74, 6) is 0.136. The lowest BCUT2D eigenvalue weighted by molar-refractivity contribution is -0.116. The molecule has 1 aliphatic heterocycles. The Morgan fingerprint density at radius 1 is 1.10 bits per heavy atom. The summed E-state index contributed by atoms with van der Waals surface area (Å²) in [5.41, 5.74) is 3.40. The molecule has 1 heterocycles. The van der Waals surface area contributed by atoms with Crippen LogP contribution < -0.4 is 10.1 Å². The molecular formula is C17H15NO3. The van der Waals surface area contributed by atoms with Gasteiger partial charge in [-0.2, -0.15) is 0 Å². The molecule has 3 rings (SSSR count). The minimum absolute atomic E-state index is 0.0203. The van der Waals surface area contributed by atoms with Crippen LogP contribution in [0.2, 0.25) is 0 Å². The number of carbonyl (C=O) groups is 2. The van der Waals surface area contributed by atoms with Crippen molar-refractivity contribution in [1.82, 2.24) is 0 Å². The Morgan fingerprint density at radius 2 is 1.86 bits per heavy atom. The Bertz CT molecular complexity index is 704. The highest BCUT2D eigenvalue weighted by molar-refractivity contribution is 5.94. The zero-order valence-corrected chi connectivity index (χ0v) is 11.7. The first-order chi connectivity index (χ1) is 10.1. The van der Waals surface area contributed by atoms with Gasteiger partial charge in [0.1, 0.15) is 5.75 Å². The van der Waals surface area contributed by atoms with Crippen molar-refractivity contribution in [1.29, 1.82) is 0 Å². The highest BCUT2D eigenvalue weighted by Gasteiger charge is 2.16. The third-order valence-corrected chi connectivity index (χ3v) is 3.47. The summed E-state index contributed by atoms with van der Waals surface area (Å²) in [6.45, 7) is 1.97. The maximum Gasteiger partial charge on any atom is 0.343 e. The van der Waals surface area contributed by atoms with Crippen LogP contribution in [0, 0.1) is 6.92 Å². The summed E-state index contributed by atoms with van der Waals surface area (Å²) >= 11 is 0. The number of amides is 1. The van der Waals surface area contributed by atoms with Crippen LogP contribution in [0.1, 0.15) is 27.9 Å². The SMILES string of the molecule is Cc1ccc(C(=O)Oc2ccc3c(c2)CCC(=O)N3)cc1. The van der Waals surface area contributed by atoms with E-state index in [4.69, 9.17) is 4.74 Å². The normalized spacial score (nSPS) is 13.3. The molecule has 0 aromatic heterocycles. The average Bonchev–Trinajstić information content (AvgIpc) is 2.48. The number of aryl methyl sites for hydroxylation is 2. The zero-order chi connectivity index (χ0) is 14.8. The number of ether oxygens (including phenoxy) is 1. The number of benzene rings is 2. The molecule has 0 aliphatic carbocycles. The van der Waals surface area contributed by atoms with Crippen LogP contribution in [-0.2, 0) is 11.2 Å². The van der Waals surface area contributed by atoms with Gasteiger partial charge in [-0.15, -0.1) is 0 Å². The molecule has 4 nitrogen and oxygen atoms in total. The molecule has 4 heteroatoms. The zero-order valence-electron chi connectivity index (χ0n) is 11.7. The molecule has 0 bridgehead atoms. The molecule has 106 valence electrons. The molecule has 0 atom stereocenters. The smallest absolute Gasteiger partial charge is 0.343 e. The van der Waals surface area contributed by atoms with Gasteiger partial charge < -0.3 is 10.1 Å². The number of anilines is 1. The van der Waals surface area contributed by atoms with E-state index in [2.05, 4.69) is 5.32 Å². The van der Waals surface area contributed by atoms with E-state index < -0.39 is 0 Å². The van der Waals surface area contributed by atoms with Gasteiger partial charge in [0.15, 0.2) is 0 Å². The number of carbonyl (C=O) groups excluding carboxylic acids is 2. The van der Waals surface area contributed by atoms with E-state index in [1.807, 2.05) is 19.1 Å². The van der Waals surface area contributed by atoms with Gasteiger partial charge in [0.05, 0.1) is 5.56 Å². The molecule has 1 aliphatic rings. The van der Waals surface area contributed by atoms with Gasteiger partial charge in [0.2, 0.25) is 5.91 Å². The van der Waals surface area contributed by atoms with Crippen LogP contribution >= 0.6 is 0 Å². The predicted molar refractivity (Wildman–Crippen MR) is 79.5 cm³/mol. The fourth-order valence-corrected chi connectivity index (χ4v) is 2.28. The monoisotopic (exact) mass is 281 g/mol. The average molecular weight is 281 g/mol. The number of hydrogen-bond acceptors (Lipinski definition) is 3. The van der Waals surface area contributed by atoms with Gasteiger partial charge in [0.25, 0.3) is 0 Å². The Morgan fingerprint density at radius 3 is 2.62 bits per heavy atom. The first-order valence-corrected chi connectivity index (χ1v) is 6.83. The van der Waals surface area contributed by atoms with Crippen molar-refractivity contribution in [3.05, 3.63) is 59.2 Å². The topological polar surface area (TPSA) is 55.4 Å². The van der Waals surface area contributed by atoms with E-state index in [0.717, 1.165) is 16.8 Å². The first kappa shape index (κ1) is 13.4. The van der Waals surface area contributed by atoms with Crippen molar-refractivity contribution >= 4 is 17.6 Å². The fourth-order valence-electron chi connectivity index (χ4n) is 2.28. The second-order valence-corrected chi connectivity index (χ2v) is 5.12. The lowest BCUT2D eigenvalue weighted by Crippen LogP contribution is -2.19. The molecule has 1 N–H and O–H groups in total. The molecular weight excluding hydrogens is 266 g/mol. The summed E-state index contributed by atoms with van der Waals surface area (Å²) in [6, 6.07) is 12.5. The van der Waals surface area contributed by atoms with Crippen molar-refractivity contribution in [2.45, 2.75) is 19.8 Å². The molecule has 2 aromatic rings. The second-order valence-electron chi connectivity index (χ2n) is 5.12. The minimum atomic E-state index is -0.380. The van der Waals surface area contributed by atoms with Gasteiger partial charge in [-0.25, -0.2) is 4.79 Å². The molecule has 0 radical (unpaired) electrons. The quantitative estimate of drug-likeness (QED) is 0.679. The van der Waals surface area contributed by atoms with Crippen molar-refractivity contribution < 1.29 is 14.3 Å². The van der Waals surface area contributed by atoms with Gasteiger partial charge in [-0.05, 0) is 49.2 Å². The van der Waals surface area contributed by atoms with Crippen molar-refractivity contribution in [2.24, 2.45) is 0 Å². The van der Waals surface area contributed by atoms with E-state index in [0.29, 0.717) is 24.2 Å². The molecule has 21 heavy (non-hydrogen) atoms. The second kappa shape index (κ2) is 5.40. The standard InChI is InChI=1S/C17H15NO3/c1-11-2-4-12(5-3-11)17(20)21-14-7-8-15-13(10-14)6-9-16(19)18-15/h2-5,7-8,10H,6,9H2,1H3,(H,18,19). The third kappa shape index (κ3) is 2.94. The Kier molecular flexibility index (Phi) is 3.44. The van der Waals surface area contributed by atoms with Crippen molar-refractivity contribution in [3.8, 4) is 5.75 Å². The lowest BCUT2D eigenvalue weighted by Gasteiger charge is -2.17. The summed E-state index contributed by atoms with van der Waals surface area (Å²) < 4.78 is 5.38. The maximum absolute atomic E-state index is 12.1. The minimum Gasteiger partial charge on any atom is -0.423 e. The van der Waals surface area contributed by atoms with Crippen LogP contribution in [0.15, 0.2) is 42.5 Å². The molecule has 0 unspecified atom stereocenters. The number of fused-ring (bicyclic) bond motifs is 1. The van der Waals surface area contributed by atoms with Crippen molar-refractivity contribution in [3.63, 3.8) is 0 Å². The van der Waals surface area contributed by atoms with E-state index in [-0.39, 0.29) is 11.9 Å². The van der Waals surface area contributed by atoms with Gasteiger partial charge in [-0.1, -0.05) is 17.7 Å². The van der Waals surface area contributed by atoms with Crippen LogP contribution in [0.4, 0.5) is 5.69 Å². The van der Waals surface area contributed by atoms with Gasteiger partial charge in [-0.3, -0.25) is 4.79 Å². The highest BCUT2D eigenvalue weighted by Crippen LogP contribution is 2.27. The molecule has 1 amide bonds. The van der Waals surface area contributed by atoms with Crippen LogP contribution in [0.3, 0.4) is 0 Å². The molecule has 0 fully saturated rings. The first-order valence-electron chi connectivity index (χ1n) is 6.83. The maximum atomic E-state index is 12.1. The predicted octanol–water partition coefficient (Wildman–Crippen LogP) is 3.10. The third-order valence-electron chi connectivity index (χ3n) is 3.47. The Hall–Kier alpha value is -2.62. The number of rotatable bonds is 2. The largest absolute Gasteiger partial charge is 0.423 e. The van der Waals surface area contributed by atoms with Crippen LogP contribution in [0.5, 0.6) is 5.75 Å². The van der Waals surface area contributed by atoms with Gasteiger partial charge in [0, 0.05) is 12.1 Å². The molecule has 0 saturated heterocycles. The molecule has 0 saturated carbocycles. The molecule has 2 aromatic carbocycles. The Balaban J connectivity index is 1.77. The summed E-state index contributed by atoms with van der Waals surface area (Å²) in [7, 11) is 0. The van der Waals surface area contributed by atoms with Crippen LogP contribution in [0.25, 0.3) is 0 Å². The summed E-state index contributed by atoms with van der Waals surface area (Å²) in [6.07, 6.45) is 1.12. The van der Waals surface area contributed by atoms with E-state index in [9.17, 15) is 9.59 Å². The van der Waals surface area contributed by atoms with Gasteiger partial charge >= 0.3 is 5.97 Å².